The number of carbonyl (C=O) groups excluding carboxylic acids is 1. The minimum Gasteiger partial charge on any atom is -0.381 e. The van der Waals surface area contributed by atoms with Crippen LogP contribution in [0, 0.1) is 23.7 Å². The first-order valence-corrected chi connectivity index (χ1v) is 10.2. The predicted octanol–water partition coefficient (Wildman–Crippen LogP) is 2.62. The number of aromatic nitrogens is 2. The zero-order valence-electron chi connectivity index (χ0n) is 15.2. The standard InChI is InChI=1S/C20H28N4O2/c25-20(21-16-3-5-26-6-4-16)17-1-2-18(24-23-17)22-19-14-8-12-7-13(10-14)11-15(19)9-12/h1-2,12-16,19H,3-11H2,(H,21,25)(H,22,24). The van der Waals surface area contributed by atoms with Gasteiger partial charge in [-0.1, -0.05) is 0 Å². The van der Waals surface area contributed by atoms with Gasteiger partial charge in [0.25, 0.3) is 5.91 Å². The van der Waals surface area contributed by atoms with E-state index in [2.05, 4.69) is 20.8 Å². The summed E-state index contributed by atoms with van der Waals surface area (Å²) in [5.74, 6) is 4.21. The molecular formula is C20H28N4O2. The van der Waals surface area contributed by atoms with Crippen molar-refractivity contribution in [3.63, 3.8) is 0 Å². The fraction of sp³-hybridized carbons (Fsp3) is 0.750. The summed E-state index contributed by atoms with van der Waals surface area (Å²) in [6.45, 7) is 1.43. The molecule has 4 bridgehead atoms. The molecule has 0 spiro atoms. The average molecular weight is 356 g/mol. The van der Waals surface area contributed by atoms with E-state index in [0.29, 0.717) is 24.9 Å². The highest BCUT2D eigenvalue weighted by atomic mass is 16.5. The molecule has 2 heterocycles. The minimum atomic E-state index is -0.134. The van der Waals surface area contributed by atoms with E-state index in [-0.39, 0.29) is 11.9 Å². The van der Waals surface area contributed by atoms with Crippen LogP contribution in [0.25, 0.3) is 0 Å². The zero-order chi connectivity index (χ0) is 17.5. The molecule has 0 unspecified atom stereocenters. The lowest BCUT2D eigenvalue weighted by Gasteiger charge is -2.54. The Balaban J connectivity index is 1.21. The molecule has 1 aromatic heterocycles. The van der Waals surface area contributed by atoms with Crippen molar-refractivity contribution < 1.29 is 9.53 Å². The Morgan fingerprint density at radius 3 is 2.27 bits per heavy atom. The normalized spacial score (nSPS) is 36.1. The van der Waals surface area contributed by atoms with Crippen molar-refractivity contribution in [2.75, 3.05) is 18.5 Å². The molecular weight excluding hydrogens is 328 g/mol. The molecule has 6 nitrogen and oxygen atoms in total. The van der Waals surface area contributed by atoms with Crippen LogP contribution >= 0.6 is 0 Å². The predicted molar refractivity (Wildman–Crippen MR) is 97.8 cm³/mol. The third kappa shape index (κ3) is 3.20. The molecule has 2 N–H and O–H groups in total. The quantitative estimate of drug-likeness (QED) is 0.867. The number of hydrogen-bond acceptors (Lipinski definition) is 5. The molecule has 1 saturated heterocycles. The maximum Gasteiger partial charge on any atom is 0.272 e. The van der Waals surface area contributed by atoms with Crippen molar-refractivity contribution in [2.24, 2.45) is 23.7 Å². The molecule has 5 fully saturated rings. The largest absolute Gasteiger partial charge is 0.381 e. The second kappa shape index (κ2) is 6.80. The fourth-order valence-electron chi connectivity index (χ4n) is 5.96. The summed E-state index contributed by atoms with van der Waals surface area (Å²) < 4.78 is 5.33. The smallest absolute Gasteiger partial charge is 0.272 e. The van der Waals surface area contributed by atoms with E-state index >= 15 is 0 Å². The summed E-state index contributed by atoms with van der Waals surface area (Å²) in [4.78, 5) is 12.3. The number of hydrogen-bond donors (Lipinski definition) is 2. The van der Waals surface area contributed by atoms with Gasteiger partial charge in [0.15, 0.2) is 5.69 Å². The van der Waals surface area contributed by atoms with E-state index in [1.807, 2.05) is 6.07 Å². The zero-order valence-corrected chi connectivity index (χ0v) is 15.2. The first-order chi connectivity index (χ1) is 12.7. The fourth-order valence-corrected chi connectivity index (χ4v) is 5.96. The summed E-state index contributed by atoms with van der Waals surface area (Å²) in [6, 6.07) is 4.43. The number of anilines is 1. The Labute approximate surface area is 154 Å². The van der Waals surface area contributed by atoms with Gasteiger partial charge in [0.2, 0.25) is 0 Å². The summed E-state index contributed by atoms with van der Waals surface area (Å²) in [5.41, 5.74) is 0.395. The van der Waals surface area contributed by atoms with Gasteiger partial charge in [0.1, 0.15) is 5.82 Å². The molecule has 6 rings (SSSR count). The number of rotatable bonds is 4. The van der Waals surface area contributed by atoms with Gasteiger partial charge in [-0.3, -0.25) is 4.79 Å². The summed E-state index contributed by atoms with van der Waals surface area (Å²) in [7, 11) is 0. The Hall–Kier alpha value is -1.69. The van der Waals surface area contributed by atoms with Crippen LogP contribution in [0.2, 0.25) is 0 Å². The summed E-state index contributed by atoms with van der Waals surface area (Å²) in [6.07, 6.45) is 8.72. The second-order valence-corrected chi connectivity index (χ2v) is 8.76. The summed E-state index contributed by atoms with van der Waals surface area (Å²) >= 11 is 0. The van der Waals surface area contributed by atoms with Gasteiger partial charge in [-0.15, -0.1) is 10.2 Å². The highest BCUT2D eigenvalue weighted by Gasteiger charge is 2.48. The minimum absolute atomic E-state index is 0.134. The van der Waals surface area contributed by atoms with Crippen molar-refractivity contribution in [3.8, 4) is 0 Å². The van der Waals surface area contributed by atoms with Crippen molar-refractivity contribution >= 4 is 11.7 Å². The van der Waals surface area contributed by atoms with Gasteiger partial charge >= 0.3 is 0 Å². The molecule has 0 aromatic carbocycles. The molecule has 1 aliphatic heterocycles. The molecule has 4 aliphatic carbocycles. The Bertz CT molecular complexity index is 628. The number of nitrogens with zero attached hydrogens (tertiary/aromatic N) is 2. The van der Waals surface area contributed by atoms with Crippen LogP contribution in [0.15, 0.2) is 12.1 Å². The molecule has 26 heavy (non-hydrogen) atoms. The second-order valence-electron chi connectivity index (χ2n) is 8.76. The van der Waals surface area contributed by atoms with Crippen LogP contribution in [0.1, 0.15) is 55.4 Å². The average Bonchev–Trinajstić information content (AvgIpc) is 2.65. The van der Waals surface area contributed by atoms with E-state index in [4.69, 9.17) is 4.74 Å². The van der Waals surface area contributed by atoms with Crippen LogP contribution in [0.4, 0.5) is 5.82 Å². The van der Waals surface area contributed by atoms with Gasteiger partial charge in [-0.05, 0) is 80.8 Å². The molecule has 0 radical (unpaired) electrons. The number of ether oxygens (including phenoxy) is 1. The molecule has 1 amide bonds. The van der Waals surface area contributed by atoms with Gasteiger partial charge < -0.3 is 15.4 Å². The van der Waals surface area contributed by atoms with Crippen LogP contribution in [0.5, 0.6) is 0 Å². The maximum atomic E-state index is 12.3. The lowest BCUT2D eigenvalue weighted by atomic mass is 9.54. The van der Waals surface area contributed by atoms with Gasteiger partial charge in [0, 0.05) is 25.3 Å². The van der Waals surface area contributed by atoms with Crippen LogP contribution in [-0.4, -0.2) is 41.4 Å². The lowest BCUT2D eigenvalue weighted by molar-refractivity contribution is 0.00739. The van der Waals surface area contributed by atoms with E-state index in [0.717, 1.165) is 42.3 Å². The molecule has 140 valence electrons. The van der Waals surface area contributed by atoms with E-state index < -0.39 is 0 Å². The highest BCUT2D eigenvalue weighted by molar-refractivity contribution is 5.92. The third-order valence-corrected chi connectivity index (χ3v) is 6.99. The van der Waals surface area contributed by atoms with Crippen molar-refractivity contribution in [1.29, 1.82) is 0 Å². The topological polar surface area (TPSA) is 76.1 Å². The van der Waals surface area contributed by atoms with E-state index in [1.165, 1.54) is 32.1 Å². The van der Waals surface area contributed by atoms with E-state index in [9.17, 15) is 4.79 Å². The molecule has 6 heteroatoms. The monoisotopic (exact) mass is 356 g/mol. The van der Waals surface area contributed by atoms with Gasteiger partial charge in [-0.25, -0.2) is 0 Å². The Morgan fingerprint density at radius 2 is 1.65 bits per heavy atom. The van der Waals surface area contributed by atoms with Crippen LogP contribution in [-0.2, 0) is 4.74 Å². The van der Waals surface area contributed by atoms with Gasteiger partial charge in [0.05, 0.1) is 0 Å². The van der Waals surface area contributed by atoms with Crippen LogP contribution < -0.4 is 10.6 Å². The van der Waals surface area contributed by atoms with Crippen molar-refractivity contribution in [1.82, 2.24) is 15.5 Å². The molecule has 5 aliphatic rings. The Kier molecular flexibility index (Phi) is 4.31. The molecule has 0 atom stereocenters. The third-order valence-electron chi connectivity index (χ3n) is 6.99. The first kappa shape index (κ1) is 16.5. The maximum absolute atomic E-state index is 12.3. The number of carbonyl (C=O) groups is 1. The highest BCUT2D eigenvalue weighted by Crippen LogP contribution is 2.54. The SMILES string of the molecule is O=C(NC1CCOCC1)c1ccc(NC2C3CC4CC(C3)CC2C4)nn1. The van der Waals surface area contributed by atoms with Crippen molar-refractivity contribution in [3.05, 3.63) is 17.8 Å². The lowest BCUT2D eigenvalue weighted by Crippen LogP contribution is -2.51. The van der Waals surface area contributed by atoms with Crippen molar-refractivity contribution in [2.45, 2.75) is 57.0 Å². The van der Waals surface area contributed by atoms with Crippen LogP contribution in [0.3, 0.4) is 0 Å². The molecule has 1 aromatic rings. The van der Waals surface area contributed by atoms with E-state index in [1.54, 1.807) is 6.07 Å². The number of nitrogens with one attached hydrogen (secondary N) is 2. The Morgan fingerprint density at radius 1 is 0.962 bits per heavy atom. The molecule has 4 saturated carbocycles. The summed E-state index contributed by atoms with van der Waals surface area (Å²) in [5, 5.41) is 15.2. The first-order valence-electron chi connectivity index (χ1n) is 10.2. The van der Waals surface area contributed by atoms with Gasteiger partial charge in [-0.2, -0.15) is 0 Å². The number of amides is 1.